The molecule has 0 aliphatic rings. The van der Waals surface area contributed by atoms with Gasteiger partial charge in [0, 0.05) is 12.1 Å². The monoisotopic (exact) mass is 272 g/mol. The van der Waals surface area contributed by atoms with Crippen LogP contribution in [0.5, 0.6) is 0 Å². The molecule has 0 heterocycles. The zero-order valence-electron chi connectivity index (χ0n) is 13.2. The summed E-state index contributed by atoms with van der Waals surface area (Å²) in [5.74, 6) is 0.0925. The maximum atomic E-state index is 12.5. The number of nitrogens with zero attached hydrogens (tertiary/aromatic N) is 2. The summed E-state index contributed by atoms with van der Waals surface area (Å²) in [6.45, 7) is 11.7. The van der Waals surface area contributed by atoms with Crippen LogP contribution in [0.2, 0.25) is 0 Å². The van der Waals surface area contributed by atoms with Crippen molar-refractivity contribution in [2.45, 2.75) is 34.6 Å². The lowest BCUT2D eigenvalue weighted by atomic mass is 9.96. The summed E-state index contributed by atoms with van der Waals surface area (Å²) in [5, 5.41) is 8.89. The van der Waals surface area contributed by atoms with Crippen LogP contribution in [0, 0.1) is 38.0 Å². The summed E-state index contributed by atoms with van der Waals surface area (Å²) < 4.78 is 0. The van der Waals surface area contributed by atoms with Gasteiger partial charge in [0.25, 0.3) is 0 Å². The molecular weight excluding hydrogens is 248 g/mol. The number of carbonyl (C=O) groups excluding carboxylic acids is 1. The van der Waals surface area contributed by atoms with Gasteiger partial charge in [-0.05, 0) is 45.4 Å². The molecule has 108 valence electrons. The van der Waals surface area contributed by atoms with Crippen LogP contribution in [0.1, 0.15) is 40.9 Å². The van der Waals surface area contributed by atoms with Crippen molar-refractivity contribution in [2.75, 3.05) is 19.6 Å². The lowest BCUT2D eigenvalue weighted by Crippen LogP contribution is -2.33. The first-order valence-electron chi connectivity index (χ1n) is 7.12. The average molecular weight is 272 g/mol. The first-order valence-corrected chi connectivity index (χ1v) is 7.12. The molecule has 3 heteroatoms. The maximum absolute atomic E-state index is 12.5. The van der Waals surface area contributed by atoms with E-state index in [0.29, 0.717) is 13.1 Å². The van der Waals surface area contributed by atoms with E-state index in [2.05, 4.69) is 18.2 Å². The van der Waals surface area contributed by atoms with E-state index in [4.69, 9.17) is 5.26 Å². The van der Waals surface area contributed by atoms with Crippen molar-refractivity contribution < 1.29 is 4.79 Å². The standard InChI is InChI=1S/C17H24N2O/c1-6-19(10-13(3)9-18)11-16(20)17-14(4)7-12(2)8-15(17)5/h7-8,13H,6,10-11H2,1-5H3. The van der Waals surface area contributed by atoms with Gasteiger partial charge in [0.05, 0.1) is 18.5 Å². The van der Waals surface area contributed by atoms with Crippen molar-refractivity contribution in [3.05, 3.63) is 34.4 Å². The number of hydrogen-bond acceptors (Lipinski definition) is 3. The molecule has 1 rings (SSSR count). The van der Waals surface area contributed by atoms with Gasteiger partial charge in [-0.1, -0.05) is 24.6 Å². The fourth-order valence-electron chi connectivity index (χ4n) is 2.64. The Morgan fingerprint density at radius 1 is 1.30 bits per heavy atom. The molecule has 0 bridgehead atoms. The number of rotatable bonds is 6. The van der Waals surface area contributed by atoms with Crippen LogP contribution >= 0.6 is 0 Å². The first kappa shape index (κ1) is 16.4. The number of nitriles is 1. The fraction of sp³-hybridized carbons (Fsp3) is 0.529. The third-order valence-electron chi connectivity index (χ3n) is 3.52. The van der Waals surface area contributed by atoms with Crippen molar-refractivity contribution in [2.24, 2.45) is 5.92 Å². The van der Waals surface area contributed by atoms with Gasteiger partial charge in [-0.25, -0.2) is 0 Å². The topological polar surface area (TPSA) is 44.1 Å². The molecule has 0 saturated carbocycles. The van der Waals surface area contributed by atoms with E-state index in [0.717, 1.165) is 23.2 Å². The maximum Gasteiger partial charge on any atom is 0.177 e. The average Bonchev–Trinajstić information content (AvgIpc) is 2.36. The predicted molar refractivity (Wildman–Crippen MR) is 81.9 cm³/mol. The smallest absolute Gasteiger partial charge is 0.177 e. The molecule has 0 spiro atoms. The van der Waals surface area contributed by atoms with Gasteiger partial charge < -0.3 is 0 Å². The zero-order valence-corrected chi connectivity index (χ0v) is 13.2. The molecule has 1 aromatic carbocycles. The van der Waals surface area contributed by atoms with Crippen molar-refractivity contribution in [3.63, 3.8) is 0 Å². The number of aryl methyl sites for hydroxylation is 3. The Balaban J connectivity index is 2.88. The molecule has 20 heavy (non-hydrogen) atoms. The second kappa shape index (κ2) is 7.21. The van der Waals surface area contributed by atoms with Crippen LogP contribution in [0.15, 0.2) is 12.1 Å². The Morgan fingerprint density at radius 3 is 2.30 bits per heavy atom. The van der Waals surface area contributed by atoms with Crippen LogP contribution in [-0.2, 0) is 0 Å². The highest BCUT2D eigenvalue weighted by atomic mass is 16.1. The van der Waals surface area contributed by atoms with Gasteiger partial charge >= 0.3 is 0 Å². The molecular formula is C17H24N2O. The highest BCUT2D eigenvalue weighted by molar-refractivity contribution is 6.00. The van der Waals surface area contributed by atoms with E-state index in [1.807, 2.05) is 39.5 Å². The van der Waals surface area contributed by atoms with Crippen molar-refractivity contribution >= 4 is 5.78 Å². The fourth-order valence-corrected chi connectivity index (χ4v) is 2.64. The van der Waals surface area contributed by atoms with Gasteiger partial charge in [-0.15, -0.1) is 0 Å². The van der Waals surface area contributed by atoms with Crippen LogP contribution < -0.4 is 0 Å². The molecule has 3 nitrogen and oxygen atoms in total. The van der Waals surface area contributed by atoms with E-state index in [-0.39, 0.29) is 11.7 Å². The number of hydrogen-bond donors (Lipinski definition) is 0. The SMILES string of the molecule is CCN(CC(=O)c1c(C)cc(C)cc1C)CC(C)C#N. The van der Waals surface area contributed by atoms with Gasteiger partial charge in [-0.2, -0.15) is 5.26 Å². The van der Waals surface area contributed by atoms with Crippen molar-refractivity contribution in [1.29, 1.82) is 5.26 Å². The highest BCUT2D eigenvalue weighted by Crippen LogP contribution is 2.17. The minimum absolute atomic E-state index is 0.0528. The molecule has 0 aromatic heterocycles. The summed E-state index contributed by atoms with van der Waals surface area (Å²) in [7, 11) is 0. The quantitative estimate of drug-likeness (QED) is 0.746. The van der Waals surface area contributed by atoms with Gasteiger partial charge in [0.1, 0.15) is 0 Å². The zero-order chi connectivity index (χ0) is 15.3. The van der Waals surface area contributed by atoms with Gasteiger partial charge in [0.15, 0.2) is 5.78 Å². The molecule has 0 amide bonds. The number of likely N-dealkylation sites (N-methyl/N-ethyl adjacent to an activating group) is 1. The summed E-state index contributed by atoms with van der Waals surface area (Å²) in [6.07, 6.45) is 0. The highest BCUT2D eigenvalue weighted by Gasteiger charge is 2.17. The second-order valence-corrected chi connectivity index (χ2v) is 5.55. The Bertz CT molecular complexity index is 505. The largest absolute Gasteiger partial charge is 0.295 e. The van der Waals surface area contributed by atoms with Crippen LogP contribution in [0.3, 0.4) is 0 Å². The molecule has 0 fully saturated rings. The predicted octanol–water partition coefficient (Wildman–Crippen LogP) is 3.28. The molecule has 0 aliphatic heterocycles. The minimum atomic E-state index is -0.0528. The van der Waals surface area contributed by atoms with E-state index < -0.39 is 0 Å². The van der Waals surface area contributed by atoms with Crippen LogP contribution in [0.25, 0.3) is 0 Å². The Hall–Kier alpha value is -1.66. The van der Waals surface area contributed by atoms with E-state index >= 15 is 0 Å². The van der Waals surface area contributed by atoms with Crippen molar-refractivity contribution in [3.8, 4) is 6.07 Å². The molecule has 0 saturated heterocycles. The van der Waals surface area contributed by atoms with E-state index in [9.17, 15) is 4.79 Å². The molecule has 1 unspecified atom stereocenters. The normalized spacial score (nSPS) is 12.2. The number of carbonyl (C=O) groups is 1. The molecule has 1 atom stereocenters. The third kappa shape index (κ3) is 4.18. The molecule has 0 radical (unpaired) electrons. The van der Waals surface area contributed by atoms with E-state index in [1.54, 1.807) is 0 Å². The number of Topliss-reactive ketones (excluding diaryl/α,β-unsaturated/α-hetero) is 1. The van der Waals surface area contributed by atoms with Gasteiger partial charge in [-0.3, -0.25) is 9.69 Å². The molecule has 1 aromatic rings. The molecule has 0 aliphatic carbocycles. The lowest BCUT2D eigenvalue weighted by Gasteiger charge is -2.21. The minimum Gasteiger partial charge on any atom is -0.295 e. The van der Waals surface area contributed by atoms with Gasteiger partial charge in [0.2, 0.25) is 0 Å². The van der Waals surface area contributed by atoms with Crippen molar-refractivity contribution in [1.82, 2.24) is 4.90 Å². The van der Waals surface area contributed by atoms with E-state index in [1.165, 1.54) is 5.56 Å². The van der Waals surface area contributed by atoms with Crippen LogP contribution in [-0.4, -0.2) is 30.3 Å². The lowest BCUT2D eigenvalue weighted by molar-refractivity contribution is 0.0928. The Labute approximate surface area is 122 Å². The number of benzene rings is 1. The molecule has 0 N–H and O–H groups in total. The van der Waals surface area contributed by atoms with Crippen LogP contribution in [0.4, 0.5) is 0 Å². The Morgan fingerprint density at radius 2 is 1.85 bits per heavy atom. The summed E-state index contributed by atoms with van der Waals surface area (Å²) in [5.41, 5.74) is 4.09. The third-order valence-corrected chi connectivity index (χ3v) is 3.52. The summed E-state index contributed by atoms with van der Waals surface area (Å²) >= 11 is 0. The first-order chi connectivity index (χ1) is 9.38. The second-order valence-electron chi connectivity index (χ2n) is 5.55. The summed E-state index contributed by atoms with van der Waals surface area (Å²) in [6, 6.07) is 6.32. The Kier molecular flexibility index (Phi) is 5.91. The summed E-state index contributed by atoms with van der Waals surface area (Å²) in [4.78, 5) is 14.5. The number of ketones is 1.